The fourth-order valence-electron chi connectivity index (χ4n) is 1.97. The van der Waals surface area contributed by atoms with Gasteiger partial charge in [-0.05, 0) is 30.4 Å². The van der Waals surface area contributed by atoms with Crippen molar-refractivity contribution in [3.8, 4) is 0 Å². The number of esters is 1. The number of hydrogen-bond donors (Lipinski definition) is 1. The van der Waals surface area contributed by atoms with Crippen molar-refractivity contribution >= 4 is 16.1 Å². The van der Waals surface area contributed by atoms with Gasteiger partial charge in [-0.25, -0.2) is 4.18 Å². The fraction of sp³-hybridized carbons (Fsp3) is 0.500. The molecule has 1 aromatic carbocycles. The Hall–Kier alpha value is -1.44. The summed E-state index contributed by atoms with van der Waals surface area (Å²) in [6.07, 6.45) is 2.47. The first-order valence-corrected chi connectivity index (χ1v) is 8.43. The molecular formula is C14H21NO5S. The minimum absolute atomic E-state index is 0.236. The molecule has 0 aromatic heterocycles. The van der Waals surface area contributed by atoms with E-state index >= 15 is 0 Å². The van der Waals surface area contributed by atoms with Crippen LogP contribution in [0.1, 0.15) is 36.6 Å². The predicted octanol–water partition coefficient (Wildman–Crippen LogP) is 1.51. The van der Waals surface area contributed by atoms with Gasteiger partial charge in [0.2, 0.25) is 0 Å². The Morgan fingerprint density at radius 2 is 1.95 bits per heavy atom. The molecule has 0 unspecified atom stereocenters. The summed E-state index contributed by atoms with van der Waals surface area (Å²) in [4.78, 5) is 11.0. The number of carbonyl (C=O) groups excluding carboxylic acids is 1. The maximum atomic E-state index is 11.1. The lowest BCUT2D eigenvalue weighted by Gasteiger charge is -2.15. The summed E-state index contributed by atoms with van der Waals surface area (Å²) in [7, 11) is -2.25. The molecule has 0 saturated heterocycles. The van der Waals surface area contributed by atoms with Gasteiger partial charge in [-0.2, -0.15) is 8.42 Å². The molecule has 6 nitrogen and oxygen atoms in total. The molecule has 0 bridgehead atoms. The van der Waals surface area contributed by atoms with Crippen LogP contribution in [0.4, 0.5) is 0 Å². The lowest BCUT2D eigenvalue weighted by atomic mass is 10.0. The molecule has 2 N–H and O–H groups in total. The van der Waals surface area contributed by atoms with E-state index in [2.05, 4.69) is 4.74 Å². The van der Waals surface area contributed by atoms with E-state index in [-0.39, 0.29) is 5.97 Å². The number of carbonyl (C=O) groups is 1. The molecular weight excluding hydrogens is 294 g/mol. The number of ether oxygens (including phenoxy) is 1. The lowest BCUT2D eigenvalue weighted by molar-refractivity contribution is -0.140. The Balaban J connectivity index is 2.64. The van der Waals surface area contributed by atoms with E-state index in [0.29, 0.717) is 24.8 Å². The summed E-state index contributed by atoms with van der Waals surface area (Å²) in [5, 5.41) is 0. The summed E-state index contributed by atoms with van der Waals surface area (Å²) in [5.41, 5.74) is 7.34. The minimum Gasteiger partial charge on any atom is -0.469 e. The van der Waals surface area contributed by atoms with Gasteiger partial charge in [0.15, 0.2) is 6.23 Å². The smallest absolute Gasteiger partial charge is 0.305 e. The second-order valence-electron chi connectivity index (χ2n) is 4.70. The number of aryl methyl sites for hydroxylation is 1. The van der Waals surface area contributed by atoms with Crippen molar-refractivity contribution in [1.82, 2.24) is 0 Å². The Kier molecular flexibility index (Phi) is 6.80. The molecule has 0 aliphatic heterocycles. The van der Waals surface area contributed by atoms with Gasteiger partial charge in [0, 0.05) is 6.42 Å². The fourth-order valence-corrected chi connectivity index (χ4v) is 2.45. The van der Waals surface area contributed by atoms with Gasteiger partial charge in [0.1, 0.15) is 0 Å². The zero-order valence-corrected chi connectivity index (χ0v) is 13.1. The van der Waals surface area contributed by atoms with Crippen LogP contribution in [0.2, 0.25) is 0 Å². The third-order valence-corrected chi connectivity index (χ3v) is 3.50. The zero-order valence-electron chi connectivity index (χ0n) is 12.2. The highest BCUT2D eigenvalue weighted by molar-refractivity contribution is 7.86. The second-order valence-corrected chi connectivity index (χ2v) is 6.30. The molecule has 7 heteroatoms. The molecule has 118 valence electrons. The predicted molar refractivity (Wildman–Crippen MR) is 78.9 cm³/mol. The Morgan fingerprint density at radius 3 is 2.57 bits per heavy atom. The Bertz CT molecular complexity index is 570. The van der Waals surface area contributed by atoms with Crippen molar-refractivity contribution in [2.75, 3.05) is 13.4 Å². The van der Waals surface area contributed by atoms with Crippen LogP contribution < -0.4 is 5.73 Å². The van der Waals surface area contributed by atoms with Crippen molar-refractivity contribution in [3.63, 3.8) is 0 Å². The van der Waals surface area contributed by atoms with Crippen LogP contribution in [0.5, 0.6) is 0 Å². The summed E-state index contributed by atoms with van der Waals surface area (Å²) >= 11 is 0. The average Bonchev–Trinajstić information content (AvgIpc) is 2.41. The molecule has 0 amide bonds. The van der Waals surface area contributed by atoms with Crippen LogP contribution in [0.25, 0.3) is 0 Å². The lowest BCUT2D eigenvalue weighted by Crippen LogP contribution is -2.19. The van der Waals surface area contributed by atoms with E-state index in [1.54, 1.807) is 12.1 Å². The van der Waals surface area contributed by atoms with Gasteiger partial charge >= 0.3 is 5.97 Å². The van der Waals surface area contributed by atoms with Gasteiger partial charge in [-0.3, -0.25) is 4.79 Å². The monoisotopic (exact) mass is 315 g/mol. The van der Waals surface area contributed by atoms with Crippen LogP contribution >= 0.6 is 0 Å². The maximum absolute atomic E-state index is 11.1. The van der Waals surface area contributed by atoms with E-state index in [0.717, 1.165) is 18.2 Å². The standard InChI is InChI=1S/C14H21NO5S/c1-19-13(16)10-6-4-8-11-7-3-5-9-12(11)14(15)20-21(2,17)18/h3,5,7,9,14H,4,6,8,10,15H2,1-2H3/t14-/m1/s1. The van der Waals surface area contributed by atoms with Crippen molar-refractivity contribution in [1.29, 1.82) is 0 Å². The second kappa shape index (κ2) is 8.11. The van der Waals surface area contributed by atoms with Crippen LogP contribution in [0.3, 0.4) is 0 Å². The summed E-state index contributed by atoms with van der Waals surface area (Å²) in [6, 6.07) is 7.25. The SMILES string of the molecule is COC(=O)CCCCc1ccccc1[C@H](N)OS(C)(=O)=O. The first kappa shape index (κ1) is 17.6. The maximum Gasteiger partial charge on any atom is 0.305 e. The molecule has 1 atom stereocenters. The molecule has 0 aliphatic carbocycles. The number of unbranched alkanes of at least 4 members (excludes halogenated alkanes) is 1. The third-order valence-electron chi connectivity index (χ3n) is 2.94. The van der Waals surface area contributed by atoms with Crippen LogP contribution in [0, 0.1) is 0 Å². The number of methoxy groups -OCH3 is 1. The topological polar surface area (TPSA) is 95.7 Å². The first-order chi connectivity index (χ1) is 9.83. The highest BCUT2D eigenvalue weighted by atomic mass is 32.2. The van der Waals surface area contributed by atoms with Gasteiger partial charge in [-0.1, -0.05) is 24.3 Å². The summed E-state index contributed by atoms with van der Waals surface area (Å²) in [6.45, 7) is 0. The normalized spacial score (nSPS) is 12.9. The summed E-state index contributed by atoms with van der Waals surface area (Å²) < 4.78 is 31.7. The van der Waals surface area contributed by atoms with Crippen molar-refractivity contribution < 1.29 is 22.1 Å². The molecule has 0 spiro atoms. The van der Waals surface area contributed by atoms with Crippen LogP contribution in [-0.4, -0.2) is 27.8 Å². The van der Waals surface area contributed by atoms with E-state index in [1.165, 1.54) is 7.11 Å². The van der Waals surface area contributed by atoms with Gasteiger partial charge in [0.25, 0.3) is 10.1 Å². The zero-order chi connectivity index (χ0) is 15.9. The Labute approximate surface area is 125 Å². The first-order valence-electron chi connectivity index (χ1n) is 6.62. The molecule has 0 fully saturated rings. The molecule has 0 saturated carbocycles. The largest absolute Gasteiger partial charge is 0.469 e. The van der Waals surface area contributed by atoms with Crippen LogP contribution in [0.15, 0.2) is 24.3 Å². The molecule has 0 radical (unpaired) electrons. The molecule has 21 heavy (non-hydrogen) atoms. The van der Waals surface area contributed by atoms with Gasteiger partial charge in [0.05, 0.1) is 13.4 Å². The summed E-state index contributed by atoms with van der Waals surface area (Å²) in [5.74, 6) is -0.236. The molecule has 0 heterocycles. The van der Waals surface area contributed by atoms with E-state index in [9.17, 15) is 13.2 Å². The average molecular weight is 315 g/mol. The van der Waals surface area contributed by atoms with E-state index in [4.69, 9.17) is 9.92 Å². The van der Waals surface area contributed by atoms with E-state index in [1.807, 2.05) is 12.1 Å². The van der Waals surface area contributed by atoms with Crippen molar-refractivity contribution in [2.45, 2.75) is 31.9 Å². The highest BCUT2D eigenvalue weighted by Gasteiger charge is 2.16. The number of hydrogen-bond acceptors (Lipinski definition) is 6. The number of nitrogens with two attached hydrogens (primary N) is 1. The van der Waals surface area contributed by atoms with Gasteiger partial charge < -0.3 is 10.5 Å². The van der Waals surface area contributed by atoms with Crippen molar-refractivity contribution in [2.24, 2.45) is 5.73 Å². The number of rotatable bonds is 8. The third kappa shape index (κ3) is 6.70. The van der Waals surface area contributed by atoms with Crippen molar-refractivity contribution in [3.05, 3.63) is 35.4 Å². The minimum atomic E-state index is -3.61. The molecule has 1 rings (SSSR count). The molecule has 1 aromatic rings. The highest BCUT2D eigenvalue weighted by Crippen LogP contribution is 2.20. The molecule has 0 aliphatic rings. The Morgan fingerprint density at radius 1 is 1.29 bits per heavy atom. The van der Waals surface area contributed by atoms with Gasteiger partial charge in [-0.15, -0.1) is 0 Å². The van der Waals surface area contributed by atoms with E-state index < -0.39 is 16.3 Å². The quantitative estimate of drug-likeness (QED) is 0.338. The number of benzene rings is 1. The van der Waals surface area contributed by atoms with Crippen LogP contribution in [-0.2, 0) is 30.3 Å².